The number of anilines is 2. The molecular formula is C22H28N4O2. The van der Waals surface area contributed by atoms with Crippen molar-refractivity contribution in [2.75, 3.05) is 42.9 Å². The van der Waals surface area contributed by atoms with E-state index < -0.39 is 0 Å². The zero-order valence-electron chi connectivity index (χ0n) is 16.4. The van der Waals surface area contributed by atoms with Crippen LogP contribution in [0.5, 0.6) is 0 Å². The maximum atomic E-state index is 12.4. The van der Waals surface area contributed by atoms with Crippen molar-refractivity contribution in [2.24, 2.45) is 0 Å². The van der Waals surface area contributed by atoms with Crippen molar-refractivity contribution >= 4 is 23.3 Å². The number of urea groups is 1. The highest BCUT2D eigenvalue weighted by Crippen LogP contribution is 2.21. The summed E-state index contributed by atoms with van der Waals surface area (Å²) in [5.41, 5.74) is 3.16. The van der Waals surface area contributed by atoms with E-state index in [2.05, 4.69) is 27.7 Å². The predicted molar refractivity (Wildman–Crippen MR) is 113 cm³/mol. The predicted octanol–water partition coefficient (Wildman–Crippen LogP) is 3.11. The molecule has 6 nitrogen and oxygen atoms in total. The zero-order chi connectivity index (χ0) is 19.8. The molecule has 1 aliphatic heterocycles. The fraction of sp³-hybridized carbons (Fsp3) is 0.364. The Kier molecular flexibility index (Phi) is 6.89. The fourth-order valence-corrected chi connectivity index (χ4v) is 3.40. The molecule has 0 unspecified atom stereocenters. The van der Waals surface area contributed by atoms with Gasteiger partial charge >= 0.3 is 6.03 Å². The van der Waals surface area contributed by atoms with E-state index in [0.29, 0.717) is 19.6 Å². The molecule has 0 spiro atoms. The molecule has 2 aromatic rings. The van der Waals surface area contributed by atoms with Gasteiger partial charge in [-0.25, -0.2) is 4.79 Å². The highest BCUT2D eigenvalue weighted by Gasteiger charge is 2.21. The minimum absolute atomic E-state index is 0.0136. The molecule has 2 aromatic carbocycles. The van der Waals surface area contributed by atoms with Gasteiger partial charge in [-0.3, -0.25) is 4.79 Å². The molecule has 0 atom stereocenters. The lowest BCUT2D eigenvalue weighted by molar-refractivity contribution is -0.114. The molecule has 1 heterocycles. The van der Waals surface area contributed by atoms with Crippen molar-refractivity contribution in [3.63, 3.8) is 0 Å². The van der Waals surface area contributed by atoms with Crippen LogP contribution < -0.4 is 15.5 Å². The van der Waals surface area contributed by atoms with Crippen molar-refractivity contribution < 1.29 is 9.59 Å². The Morgan fingerprint density at radius 3 is 2.43 bits per heavy atom. The van der Waals surface area contributed by atoms with Crippen LogP contribution in [0.4, 0.5) is 16.2 Å². The molecule has 28 heavy (non-hydrogen) atoms. The second-order valence-electron chi connectivity index (χ2n) is 7.03. The summed E-state index contributed by atoms with van der Waals surface area (Å²) in [4.78, 5) is 27.7. The zero-order valence-corrected chi connectivity index (χ0v) is 16.4. The largest absolute Gasteiger partial charge is 0.368 e. The number of hydrogen-bond acceptors (Lipinski definition) is 3. The van der Waals surface area contributed by atoms with Gasteiger partial charge in [-0.2, -0.15) is 0 Å². The van der Waals surface area contributed by atoms with Gasteiger partial charge < -0.3 is 20.4 Å². The maximum absolute atomic E-state index is 12.4. The monoisotopic (exact) mass is 380 g/mol. The molecule has 0 saturated carbocycles. The lowest BCUT2D eigenvalue weighted by Gasteiger charge is -2.36. The van der Waals surface area contributed by atoms with Crippen molar-refractivity contribution in [3.8, 4) is 0 Å². The number of carbonyl (C=O) groups excluding carboxylic acids is 2. The molecular weight excluding hydrogens is 352 g/mol. The number of rotatable bonds is 6. The molecule has 2 N–H and O–H groups in total. The Balaban J connectivity index is 1.41. The van der Waals surface area contributed by atoms with E-state index in [1.165, 1.54) is 12.5 Å². The van der Waals surface area contributed by atoms with Crippen LogP contribution in [0.25, 0.3) is 0 Å². The lowest BCUT2D eigenvalue weighted by Crippen LogP contribution is -2.52. The highest BCUT2D eigenvalue weighted by atomic mass is 16.2. The van der Waals surface area contributed by atoms with Crippen molar-refractivity contribution in [2.45, 2.75) is 19.8 Å². The Labute approximate surface area is 166 Å². The number of benzene rings is 2. The van der Waals surface area contributed by atoms with Crippen LogP contribution in [0.3, 0.4) is 0 Å². The Bertz CT molecular complexity index is 786. The third-order valence-corrected chi connectivity index (χ3v) is 4.86. The van der Waals surface area contributed by atoms with E-state index in [0.717, 1.165) is 37.3 Å². The van der Waals surface area contributed by atoms with Gasteiger partial charge in [-0.05, 0) is 36.6 Å². The topological polar surface area (TPSA) is 64.7 Å². The van der Waals surface area contributed by atoms with E-state index >= 15 is 0 Å². The van der Waals surface area contributed by atoms with Crippen LogP contribution in [0.2, 0.25) is 0 Å². The number of nitrogens with zero attached hydrogens (tertiary/aromatic N) is 2. The first-order chi connectivity index (χ1) is 13.6. The van der Waals surface area contributed by atoms with Gasteiger partial charge in [0.15, 0.2) is 0 Å². The summed E-state index contributed by atoms with van der Waals surface area (Å²) < 4.78 is 0. The van der Waals surface area contributed by atoms with Gasteiger partial charge in [0, 0.05) is 51.0 Å². The van der Waals surface area contributed by atoms with Crippen molar-refractivity contribution in [1.29, 1.82) is 0 Å². The molecule has 3 amide bonds. The van der Waals surface area contributed by atoms with Gasteiger partial charge in [0.1, 0.15) is 0 Å². The highest BCUT2D eigenvalue weighted by molar-refractivity contribution is 5.89. The van der Waals surface area contributed by atoms with Crippen molar-refractivity contribution in [1.82, 2.24) is 10.2 Å². The minimum atomic E-state index is -0.0779. The number of aryl methyl sites for hydroxylation is 1. The molecule has 0 aliphatic carbocycles. The molecule has 0 bridgehead atoms. The summed E-state index contributed by atoms with van der Waals surface area (Å²) in [7, 11) is 0. The standard InChI is InChI=1S/C22H28N4O2/c1-18(27)24-20-10-5-11-21(17-20)25-13-15-26(16-14-25)22(28)23-12-6-9-19-7-3-2-4-8-19/h2-5,7-8,10-11,17H,6,9,12-16H2,1H3,(H,23,28)(H,24,27). The van der Waals surface area contributed by atoms with E-state index in [1.54, 1.807) is 0 Å². The summed E-state index contributed by atoms with van der Waals surface area (Å²) in [6, 6.07) is 18.2. The van der Waals surface area contributed by atoms with Crippen LogP contribution in [0.1, 0.15) is 18.9 Å². The van der Waals surface area contributed by atoms with Gasteiger partial charge in [0.25, 0.3) is 0 Å². The first-order valence-corrected chi connectivity index (χ1v) is 9.81. The molecule has 1 aliphatic rings. The maximum Gasteiger partial charge on any atom is 0.317 e. The molecule has 6 heteroatoms. The molecule has 1 fully saturated rings. The van der Waals surface area contributed by atoms with Crippen LogP contribution in [0, 0.1) is 0 Å². The van der Waals surface area contributed by atoms with Crippen LogP contribution in [-0.4, -0.2) is 49.6 Å². The molecule has 148 valence electrons. The number of piperazine rings is 1. The molecule has 0 radical (unpaired) electrons. The smallest absolute Gasteiger partial charge is 0.317 e. The van der Waals surface area contributed by atoms with E-state index in [-0.39, 0.29) is 11.9 Å². The number of carbonyl (C=O) groups is 2. The fourth-order valence-electron chi connectivity index (χ4n) is 3.40. The summed E-state index contributed by atoms with van der Waals surface area (Å²) in [5.74, 6) is -0.0779. The second kappa shape index (κ2) is 9.78. The van der Waals surface area contributed by atoms with Gasteiger partial charge in [-0.1, -0.05) is 36.4 Å². The van der Waals surface area contributed by atoms with Gasteiger partial charge in [0.05, 0.1) is 0 Å². The third-order valence-electron chi connectivity index (χ3n) is 4.86. The Hall–Kier alpha value is -3.02. The summed E-state index contributed by atoms with van der Waals surface area (Å²) in [5, 5.41) is 5.84. The summed E-state index contributed by atoms with van der Waals surface area (Å²) in [6.45, 7) is 5.13. The number of nitrogens with one attached hydrogen (secondary N) is 2. The Morgan fingerprint density at radius 2 is 1.71 bits per heavy atom. The number of hydrogen-bond donors (Lipinski definition) is 2. The average Bonchev–Trinajstić information content (AvgIpc) is 2.72. The van der Waals surface area contributed by atoms with Gasteiger partial charge in [-0.15, -0.1) is 0 Å². The molecule has 3 rings (SSSR count). The van der Waals surface area contributed by atoms with Crippen LogP contribution >= 0.6 is 0 Å². The van der Waals surface area contributed by atoms with E-state index in [1.807, 2.05) is 47.4 Å². The Morgan fingerprint density at radius 1 is 0.964 bits per heavy atom. The van der Waals surface area contributed by atoms with E-state index in [4.69, 9.17) is 0 Å². The van der Waals surface area contributed by atoms with Gasteiger partial charge in [0.2, 0.25) is 5.91 Å². The summed E-state index contributed by atoms with van der Waals surface area (Å²) >= 11 is 0. The molecule has 0 aromatic heterocycles. The SMILES string of the molecule is CC(=O)Nc1cccc(N2CCN(C(=O)NCCCc3ccccc3)CC2)c1. The minimum Gasteiger partial charge on any atom is -0.368 e. The lowest BCUT2D eigenvalue weighted by atomic mass is 10.1. The first kappa shape index (κ1) is 19.7. The van der Waals surface area contributed by atoms with Crippen molar-refractivity contribution in [3.05, 3.63) is 60.2 Å². The summed E-state index contributed by atoms with van der Waals surface area (Å²) in [6.07, 6.45) is 1.91. The third kappa shape index (κ3) is 5.74. The second-order valence-corrected chi connectivity index (χ2v) is 7.03. The normalized spacial score (nSPS) is 13.9. The quantitative estimate of drug-likeness (QED) is 0.757. The first-order valence-electron chi connectivity index (χ1n) is 9.81. The van der Waals surface area contributed by atoms with Crippen LogP contribution in [0.15, 0.2) is 54.6 Å². The number of amides is 3. The van der Waals surface area contributed by atoms with E-state index in [9.17, 15) is 9.59 Å². The molecule has 1 saturated heterocycles. The van der Waals surface area contributed by atoms with Crippen LogP contribution in [-0.2, 0) is 11.2 Å². The average molecular weight is 380 g/mol.